The van der Waals surface area contributed by atoms with E-state index in [1.54, 1.807) is 24.3 Å². The van der Waals surface area contributed by atoms with Crippen LogP contribution in [0, 0.1) is 0 Å². The van der Waals surface area contributed by atoms with E-state index >= 15 is 0 Å². The second-order valence-electron chi connectivity index (χ2n) is 6.97. The summed E-state index contributed by atoms with van der Waals surface area (Å²) in [4.78, 5) is 28.6. The maximum absolute atomic E-state index is 12.2. The smallest absolute Gasteiger partial charge is 0.252 e. The van der Waals surface area contributed by atoms with Crippen molar-refractivity contribution in [2.75, 3.05) is 6.67 Å². The van der Waals surface area contributed by atoms with E-state index in [9.17, 15) is 9.59 Å². The SMILES string of the molecule is C.C.CC1(c2ccc(C(=O)NCNC(=O)c3ccc(C4(C)N=N4)cc3)cc2)C=N1. The van der Waals surface area contributed by atoms with Gasteiger partial charge in [0.2, 0.25) is 5.66 Å². The highest BCUT2D eigenvalue weighted by atomic mass is 16.2. The van der Waals surface area contributed by atoms with Gasteiger partial charge < -0.3 is 10.6 Å². The van der Waals surface area contributed by atoms with Crippen molar-refractivity contribution < 1.29 is 9.59 Å². The van der Waals surface area contributed by atoms with Crippen molar-refractivity contribution >= 4 is 18.0 Å². The lowest BCUT2D eigenvalue weighted by atomic mass is 9.99. The van der Waals surface area contributed by atoms with Gasteiger partial charge in [-0.3, -0.25) is 14.6 Å². The van der Waals surface area contributed by atoms with Crippen molar-refractivity contribution in [2.24, 2.45) is 15.2 Å². The van der Waals surface area contributed by atoms with Crippen LogP contribution >= 0.6 is 0 Å². The van der Waals surface area contributed by atoms with Gasteiger partial charge in [0, 0.05) is 22.9 Å². The molecule has 1 atom stereocenters. The van der Waals surface area contributed by atoms with E-state index in [4.69, 9.17) is 0 Å². The minimum Gasteiger partial charge on any atom is -0.335 e. The Bertz CT molecular complexity index is 870. The van der Waals surface area contributed by atoms with Crippen molar-refractivity contribution in [1.29, 1.82) is 0 Å². The summed E-state index contributed by atoms with van der Waals surface area (Å²) in [5, 5.41) is 13.3. The zero-order valence-corrected chi connectivity index (χ0v) is 15.1. The Morgan fingerprint density at radius 1 is 0.793 bits per heavy atom. The number of hydrogen-bond acceptors (Lipinski definition) is 5. The van der Waals surface area contributed by atoms with Gasteiger partial charge in [0.25, 0.3) is 11.8 Å². The molecule has 152 valence electrons. The van der Waals surface area contributed by atoms with E-state index in [0.717, 1.165) is 11.1 Å². The fraction of sp³-hybridized carbons (Fsp3) is 0.318. The lowest BCUT2D eigenvalue weighted by molar-refractivity contribution is 0.0920. The molecule has 7 heteroatoms. The number of carbonyl (C=O) groups excluding carboxylic acids is 2. The van der Waals surface area contributed by atoms with Crippen LogP contribution in [0.15, 0.2) is 63.8 Å². The second kappa shape index (κ2) is 7.95. The number of amides is 2. The van der Waals surface area contributed by atoms with E-state index in [-0.39, 0.29) is 38.9 Å². The lowest BCUT2D eigenvalue weighted by Gasteiger charge is -2.10. The molecular weight excluding hydrogens is 366 g/mol. The number of carbonyl (C=O) groups is 2. The second-order valence-corrected chi connectivity index (χ2v) is 6.97. The van der Waals surface area contributed by atoms with E-state index in [1.165, 1.54) is 0 Å². The Hall–Kier alpha value is -3.35. The summed E-state index contributed by atoms with van der Waals surface area (Å²) in [6.07, 6.45) is 1.87. The predicted molar refractivity (Wildman–Crippen MR) is 114 cm³/mol. The van der Waals surface area contributed by atoms with Crippen LogP contribution in [0.5, 0.6) is 0 Å². The van der Waals surface area contributed by atoms with Gasteiger partial charge >= 0.3 is 0 Å². The van der Waals surface area contributed by atoms with Crippen LogP contribution in [0.4, 0.5) is 0 Å². The zero-order chi connectivity index (χ0) is 19.1. The number of aliphatic imine (C=N–C) groups is 1. The normalized spacial score (nSPS) is 19.4. The van der Waals surface area contributed by atoms with Gasteiger partial charge in [0.05, 0.1) is 6.67 Å². The molecule has 7 nitrogen and oxygen atoms in total. The molecule has 0 saturated carbocycles. The molecule has 0 aliphatic carbocycles. The molecule has 0 fully saturated rings. The van der Waals surface area contributed by atoms with E-state index in [0.29, 0.717) is 11.1 Å². The largest absolute Gasteiger partial charge is 0.335 e. The lowest BCUT2D eigenvalue weighted by Crippen LogP contribution is -2.37. The van der Waals surface area contributed by atoms with E-state index < -0.39 is 5.66 Å². The number of hydrogen-bond donors (Lipinski definition) is 2. The summed E-state index contributed by atoms with van der Waals surface area (Å²) in [5.41, 5.74) is 2.38. The number of benzene rings is 2. The van der Waals surface area contributed by atoms with Crippen LogP contribution in [-0.4, -0.2) is 24.7 Å². The monoisotopic (exact) mass is 393 g/mol. The molecule has 29 heavy (non-hydrogen) atoms. The number of nitrogens with one attached hydrogen (secondary N) is 2. The predicted octanol–water partition coefficient (Wildman–Crippen LogP) is 4.01. The molecule has 0 aromatic heterocycles. The van der Waals surface area contributed by atoms with E-state index in [2.05, 4.69) is 25.9 Å². The first-order valence-corrected chi connectivity index (χ1v) is 8.68. The summed E-state index contributed by atoms with van der Waals surface area (Å²) >= 11 is 0. The molecule has 2 aliphatic heterocycles. The summed E-state index contributed by atoms with van der Waals surface area (Å²) in [5.74, 6) is -0.505. The number of rotatable bonds is 6. The van der Waals surface area contributed by atoms with Crippen LogP contribution in [0.1, 0.15) is 60.5 Å². The Labute approximate surface area is 171 Å². The molecule has 1 unspecified atom stereocenters. The topological polar surface area (TPSA) is 95.3 Å². The highest BCUT2D eigenvalue weighted by Crippen LogP contribution is 2.38. The maximum Gasteiger partial charge on any atom is 0.252 e. The Morgan fingerprint density at radius 3 is 1.59 bits per heavy atom. The third-order valence-corrected chi connectivity index (χ3v) is 4.84. The molecule has 0 radical (unpaired) electrons. The van der Waals surface area contributed by atoms with Gasteiger partial charge in [0.1, 0.15) is 5.54 Å². The van der Waals surface area contributed by atoms with Crippen LogP contribution in [0.3, 0.4) is 0 Å². The van der Waals surface area contributed by atoms with Gasteiger partial charge in [-0.15, -0.1) is 0 Å². The third-order valence-electron chi connectivity index (χ3n) is 4.84. The Morgan fingerprint density at radius 2 is 1.21 bits per heavy atom. The quantitative estimate of drug-likeness (QED) is 0.725. The molecule has 0 spiro atoms. The molecule has 2 amide bonds. The van der Waals surface area contributed by atoms with Gasteiger partial charge in [-0.2, -0.15) is 10.2 Å². The van der Waals surface area contributed by atoms with Gasteiger partial charge in [-0.25, -0.2) is 0 Å². The van der Waals surface area contributed by atoms with Gasteiger partial charge in [-0.05, 0) is 43.7 Å². The molecule has 4 rings (SSSR count). The molecule has 2 N–H and O–H groups in total. The summed E-state index contributed by atoms with van der Waals surface area (Å²) in [6, 6.07) is 14.4. The molecule has 2 aromatic carbocycles. The van der Waals surface area contributed by atoms with Crippen molar-refractivity contribution in [2.45, 2.75) is 39.9 Å². The van der Waals surface area contributed by atoms with Crippen LogP contribution < -0.4 is 10.6 Å². The zero-order valence-electron chi connectivity index (χ0n) is 15.1. The average molecular weight is 393 g/mol. The fourth-order valence-electron chi connectivity index (χ4n) is 2.74. The van der Waals surface area contributed by atoms with Crippen molar-refractivity contribution in [1.82, 2.24) is 10.6 Å². The first-order chi connectivity index (χ1) is 12.9. The van der Waals surface area contributed by atoms with Crippen LogP contribution in [0.25, 0.3) is 0 Å². The standard InChI is InChI=1S/C20H19N5O2.2CH4/c1-19(11-23-19)15-7-3-13(4-8-15)17(26)21-12-22-18(27)14-5-9-16(10-6-14)20(2)24-25-20;;/h3-11H,12H2,1-2H3,(H,21,26)(H,22,27);2*1H4. The van der Waals surface area contributed by atoms with Crippen LogP contribution in [-0.2, 0) is 11.2 Å². The minimum atomic E-state index is -0.457. The first-order valence-electron chi connectivity index (χ1n) is 8.68. The molecule has 2 heterocycles. The highest BCUT2D eigenvalue weighted by molar-refractivity contribution is 5.96. The summed E-state index contributed by atoms with van der Waals surface area (Å²) < 4.78 is 0. The molecule has 0 bridgehead atoms. The summed E-state index contributed by atoms with van der Waals surface area (Å²) in [6.45, 7) is 3.96. The van der Waals surface area contributed by atoms with Crippen LogP contribution in [0.2, 0.25) is 0 Å². The summed E-state index contributed by atoms with van der Waals surface area (Å²) in [7, 11) is 0. The van der Waals surface area contributed by atoms with E-state index in [1.807, 2.05) is 44.3 Å². The number of nitrogens with zero attached hydrogens (tertiary/aromatic N) is 3. The molecular formula is C22H27N5O2. The highest BCUT2D eigenvalue weighted by Gasteiger charge is 2.36. The van der Waals surface area contributed by atoms with Gasteiger partial charge in [0.15, 0.2) is 0 Å². The van der Waals surface area contributed by atoms with Crippen molar-refractivity contribution in [3.63, 3.8) is 0 Å². The third kappa shape index (κ3) is 4.56. The molecule has 2 aromatic rings. The Balaban J connectivity index is 0.00000150. The minimum absolute atomic E-state index is 0. The van der Waals surface area contributed by atoms with Gasteiger partial charge in [-0.1, -0.05) is 39.1 Å². The molecule has 2 aliphatic rings. The van der Waals surface area contributed by atoms with Crippen molar-refractivity contribution in [3.8, 4) is 0 Å². The van der Waals surface area contributed by atoms with Crippen molar-refractivity contribution in [3.05, 3.63) is 70.8 Å². The average Bonchev–Trinajstić information content (AvgIpc) is 3.61. The maximum atomic E-state index is 12.2. The Kier molecular flexibility index (Phi) is 6.01. The first kappa shape index (κ1) is 21.9. The fourth-order valence-corrected chi connectivity index (χ4v) is 2.74. The molecule has 0 saturated heterocycles.